The van der Waals surface area contributed by atoms with E-state index in [1.54, 1.807) is 43.9 Å². The van der Waals surface area contributed by atoms with Crippen molar-refractivity contribution in [2.75, 3.05) is 11.9 Å². The molecule has 2 aromatic heterocycles. The number of rotatable bonds is 5. The number of hydrogen-bond donors (Lipinski definition) is 1. The van der Waals surface area contributed by atoms with Gasteiger partial charge in [0.1, 0.15) is 4.88 Å². The molecule has 0 aliphatic heterocycles. The number of aromatic nitrogens is 3. The molecule has 2 heterocycles. The van der Waals surface area contributed by atoms with Crippen molar-refractivity contribution in [1.82, 2.24) is 14.8 Å². The van der Waals surface area contributed by atoms with Crippen LogP contribution in [-0.4, -0.2) is 33.2 Å². The van der Waals surface area contributed by atoms with Crippen molar-refractivity contribution in [2.45, 2.75) is 13.8 Å². The van der Waals surface area contributed by atoms with Crippen molar-refractivity contribution in [1.29, 1.82) is 0 Å². The van der Waals surface area contributed by atoms with Gasteiger partial charge in [0.05, 0.1) is 18.0 Å². The number of aryl methyl sites for hydroxylation is 2. The minimum Gasteiger partial charge on any atom is -0.462 e. The van der Waals surface area contributed by atoms with Crippen molar-refractivity contribution in [2.24, 2.45) is 7.05 Å². The summed E-state index contributed by atoms with van der Waals surface area (Å²) in [6, 6.07) is 1.79. The summed E-state index contributed by atoms with van der Waals surface area (Å²) in [5.41, 5.74) is 1.34. The zero-order valence-electron chi connectivity index (χ0n) is 12.5. The molecule has 0 bridgehead atoms. The molecule has 0 unspecified atom stereocenters. The average molecular weight is 320 g/mol. The molecule has 22 heavy (non-hydrogen) atoms. The van der Waals surface area contributed by atoms with Crippen LogP contribution in [0.25, 0.3) is 6.08 Å². The fourth-order valence-electron chi connectivity index (χ4n) is 1.69. The number of nitrogens with one attached hydrogen (secondary N) is 1. The normalized spacial score (nSPS) is 10.9. The lowest BCUT2D eigenvalue weighted by molar-refractivity contribution is -0.111. The van der Waals surface area contributed by atoms with E-state index in [0.29, 0.717) is 22.3 Å². The van der Waals surface area contributed by atoms with Gasteiger partial charge < -0.3 is 4.74 Å². The van der Waals surface area contributed by atoms with Crippen molar-refractivity contribution in [3.05, 3.63) is 34.6 Å². The lowest BCUT2D eigenvalue weighted by atomic mass is 10.3. The van der Waals surface area contributed by atoms with E-state index in [2.05, 4.69) is 15.4 Å². The molecule has 0 saturated heterocycles. The van der Waals surface area contributed by atoms with Crippen LogP contribution in [0, 0.1) is 6.92 Å². The van der Waals surface area contributed by atoms with E-state index >= 15 is 0 Å². The van der Waals surface area contributed by atoms with Crippen LogP contribution >= 0.6 is 11.3 Å². The van der Waals surface area contributed by atoms with E-state index in [-0.39, 0.29) is 5.91 Å². The molecule has 1 N–H and O–H groups in total. The first-order valence-electron chi connectivity index (χ1n) is 6.63. The number of ether oxygens (including phenoxy) is 1. The second-order valence-electron chi connectivity index (χ2n) is 4.36. The number of esters is 1. The Hall–Kier alpha value is -2.48. The lowest BCUT2D eigenvalue weighted by Crippen LogP contribution is -2.07. The number of anilines is 1. The van der Waals surface area contributed by atoms with Gasteiger partial charge in [-0.1, -0.05) is 11.3 Å². The minimum absolute atomic E-state index is 0.297. The third-order valence-electron chi connectivity index (χ3n) is 2.75. The van der Waals surface area contributed by atoms with E-state index in [1.807, 2.05) is 0 Å². The molecule has 2 rings (SSSR count). The zero-order chi connectivity index (χ0) is 16.1. The molecule has 7 nitrogen and oxygen atoms in total. The van der Waals surface area contributed by atoms with Crippen LogP contribution in [-0.2, 0) is 16.6 Å². The van der Waals surface area contributed by atoms with Gasteiger partial charge in [-0.3, -0.25) is 14.8 Å². The van der Waals surface area contributed by atoms with Crippen LogP contribution in [0.3, 0.4) is 0 Å². The maximum atomic E-state index is 11.9. The van der Waals surface area contributed by atoms with Gasteiger partial charge in [-0.15, -0.1) is 0 Å². The monoisotopic (exact) mass is 320 g/mol. The van der Waals surface area contributed by atoms with Gasteiger partial charge >= 0.3 is 5.97 Å². The van der Waals surface area contributed by atoms with Crippen LogP contribution in [0.5, 0.6) is 0 Å². The standard InChI is InChI=1S/C14H16N4O3S/c1-4-21-13(20)12-9(2)16-14(22-12)17-11(19)6-5-10-7-8-15-18(10)3/h5-8H,4H2,1-3H3,(H,16,17,19)/b6-5+. The van der Waals surface area contributed by atoms with Crippen molar-refractivity contribution in [3.63, 3.8) is 0 Å². The minimum atomic E-state index is -0.427. The summed E-state index contributed by atoms with van der Waals surface area (Å²) in [6.07, 6.45) is 4.68. The van der Waals surface area contributed by atoms with Gasteiger partial charge in [-0.2, -0.15) is 5.10 Å². The highest BCUT2D eigenvalue weighted by atomic mass is 32.1. The number of carbonyl (C=O) groups is 2. The summed E-state index contributed by atoms with van der Waals surface area (Å²) in [6.45, 7) is 3.73. The molecular formula is C14H16N4O3S. The van der Waals surface area contributed by atoms with Crippen molar-refractivity contribution in [3.8, 4) is 0 Å². The highest BCUT2D eigenvalue weighted by Gasteiger charge is 2.16. The molecule has 0 aliphatic carbocycles. The largest absolute Gasteiger partial charge is 0.462 e. The second kappa shape index (κ2) is 6.99. The fraction of sp³-hybridized carbons (Fsp3) is 0.286. The summed E-state index contributed by atoms with van der Waals surface area (Å²) >= 11 is 1.09. The maximum absolute atomic E-state index is 11.9. The molecule has 0 saturated carbocycles. The van der Waals surface area contributed by atoms with E-state index in [0.717, 1.165) is 17.0 Å². The predicted molar refractivity (Wildman–Crippen MR) is 83.7 cm³/mol. The van der Waals surface area contributed by atoms with Crippen LogP contribution in [0.2, 0.25) is 0 Å². The maximum Gasteiger partial charge on any atom is 0.350 e. The molecule has 116 valence electrons. The number of thiazole rings is 1. The Morgan fingerprint density at radius 2 is 2.27 bits per heavy atom. The van der Waals surface area contributed by atoms with Gasteiger partial charge in [0.25, 0.3) is 0 Å². The highest BCUT2D eigenvalue weighted by Crippen LogP contribution is 2.23. The first kappa shape index (κ1) is 15.9. The molecule has 0 atom stereocenters. The van der Waals surface area contributed by atoms with Crippen molar-refractivity contribution >= 4 is 34.4 Å². The van der Waals surface area contributed by atoms with Crippen molar-refractivity contribution < 1.29 is 14.3 Å². The lowest BCUT2D eigenvalue weighted by Gasteiger charge is -1.98. The van der Waals surface area contributed by atoms with E-state index in [9.17, 15) is 9.59 Å². The summed E-state index contributed by atoms with van der Waals surface area (Å²) < 4.78 is 6.58. The van der Waals surface area contributed by atoms with Gasteiger partial charge in [0.15, 0.2) is 5.13 Å². The third kappa shape index (κ3) is 3.79. The summed E-state index contributed by atoms with van der Waals surface area (Å²) in [4.78, 5) is 28.1. The first-order valence-corrected chi connectivity index (χ1v) is 7.44. The van der Waals surface area contributed by atoms with E-state index < -0.39 is 5.97 Å². The molecule has 0 fully saturated rings. The number of hydrogen-bond acceptors (Lipinski definition) is 6. The van der Waals surface area contributed by atoms with E-state index in [4.69, 9.17) is 4.74 Å². The SMILES string of the molecule is CCOC(=O)c1sc(NC(=O)/C=C/c2ccnn2C)nc1C. The molecule has 0 aliphatic rings. The number of nitrogens with zero attached hydrogens (tertiary/aromatic N) is 3. The Kier molecular flexibility index (Phi) is 5.05. The topological polar surface area (TPSA) is 86.1 Å². The second-order valence-corrected chi connectivity index (χ2v) is 5.36. The van der Waals surface area contributed by atoms with Crippen LogP contribution < -0.4 is 5.32 Å². The van der Waals surface area contributed by atoms with Crippen LogP contribution in [0.15, 0.2) is 18.3 Å². The molecule has 8 heteroatoms. The Balaban J connectivity index is 2.03. The average Bonchev–Trinajstić information content (AvgIpc) is 3.03. The third-order valence-corrected chi connectivity index (χ3v) is 3.80. The molecular weight excluding hydrogens is 304 g/mol. The highest BCUT2D eigenvalue weighted by molar-refractivity contribution is 7.17. The quantitative estimate of drug-likeness (QED) is 0.673. The Bertz CT molecular complexity index is 717. The summed E-state index contributed by atoms with van der Waals surface area (Å²) in [5.74, 6) is -0.756. The summed E-state index contributed by atoms with van der Waals surface area (Å²) in [5, 5.41) is 6.99. The zero-order valence-corrected chi connectivity index (χ0v) is 13.3. The number of amides is 1. The first-order chi connectivity index (χ1) is 10.5. The molecule has 2 aromatic rings. The molecule has 0 aromatic carbocycles. The molecule has 0 radical (unpaired) electrons. The number of carbonyl (C=O) groups excluding carboxylic acids is 2. The van der Waals surface area contributed by atoms with E-state index in [1.165, 1.54) is 6.08 Å². The van der Waals surface area contributed by atoms with Gasteiger partial charge in [0.2, 0.25) is 5.91 Å². The Morgan fingerprint density at radius 3 is 2.91 bits per heavy atom. The van der Waals surface area contributed by atoms with Gasteiger partial charge in [-0.05, 0) is 26.0 Å². The predicted octanol–water partition coefficient (Wildman–Crippen LogP) is 2.01. The Morgan fingerprint density at radius 1 is 1.50 bits per heavy atom. The summed E-state index contributed by atoms with van der Waals surface area (Å²) in [7, 11) is 1.79. The van der Waals surface area contributed by atoms with Crippen LogP contribution in [0.1, 0.15) is 28.0 Å². The van der Waals surface area contributed by atoms with Gasteiger partial charge in [0, 0.05) is 19.3 Å². The van der Waals surface area contributed by atoms with Gasteiger partial charge in [-0.25, -0.2) is 9.78 Å². The fourth-order valence-corrected chi connectivity index (χ4v) is 2.55. The smallest absolute Gasteiger partial charge is 0.350 e. The molecule has 1 amide bonds. The molecule has 0 spiro atoms. The Labute approximate surface area is 131 Å². The van der Waals surface area contributed by atoms with Crippen LogP contribution in [0.4, 0.5) is 5.13 Å².